The molecule has 3 aromatic carbocycles. The van der Waals surface area contributed by atoms with Crippen molar-refractivity contribution in [3.8, 4) is 11.5 Å². The average molecular weight is 627 g/mol. The topological polar surface area (TPSA) is 130 Å². The van der Waals surface area contributed by atoms with Gasteiger partial charge in [-0.2, -0.15) is 0 Å². The fourth-order valence-corrected chi connectivity index (χ4v) is 3.30. The molecule has 0 bridgehead atoms. The summed E-state index contributed by atoms with van der Waals surface area (Å²) in [6, 6.07) is 19.4. The third kappa shape index (κ3) is 10.7. The van der Waals surface area contributed by atoms with Gasteiger partial charge in [0, 0.05) is 11.6 Å². The van der Waals surface area contributed by atoms with Gasteiger partial charge in [-0.1, -0.05) is 58.4 Å². The third-order valence-corrected chi connectivity index (χ3v) is 4.88. The molecule has 0 fully saturated rings. The first-order valence-electron chi connectivity index (χ1n) is 10.1. The zero-order valence-corrected chi connectivity index (χ0v) is 27.6. The van der Waals surface area contributed by atoms with Gasteiger partial charge in [-0.25, -0.2) is 0 Å². The van der Waals surface area contributed by atoms with E-state index in [9.17, 15) is 28.7 Å². The number of carbonyl (C=O) groups is 4. The summed E-state index contributed by atoms with van der Waals surface area (Å²) in [7, 11) is 0. The first kappa shape index (κ1) is 34.2. The Morgan fingerprint density at radius 1 is 1.00 bits per heavy atom. The number of imide groups is 1. The van der Waals surface area contributed by atoms with Gasteiger partial charge in [0.05, 0.1) is 22.1 Å². The van der Waals surface area contributed by atoms with Crippen molar-refractivity contribution in [3.05, 3.63) is 102 Å². The standard InChI is InChI=1S/C13H10O3.C9H6BrNO2.C2H2FO3.2K/c14-10-6-7-11(12(15)8-10)13(16)9-4-2-1-3-5-9;10-5-11-8(12)6-3-1-2-4-7(6)9(11)13;3-1-5-6-2-4;;/h1-8,14-15H;1-4H,5H2;1-2H;;/q;;-1;2*+1/i;;2D;;. The molecule has 4 rings (SSSR count). The summed E-state index contributed by atoms with van der Waals surface area (Å²) < 4.78 is 16.6. The number of hydrogen-bond donors (Lipinski definition) is 2. The van der Waals surface area contributed by atoms with Gasteiger partial charge >= 0.3 is 109 Å². The summed E-state index contributed by atoms with van der Waals surface area (Å²) in [5.74, 6) is -0.996. The number of phenolic OH excluding ortho intramolecular Hbond substituents is 2. The van der Waals surface area contributed by atoms with Gasteiger partial charge in [-0.05, 0) is 31.1 Å². The van der Waals surface area contributed by atoms with Crippen molar-refractivity contribution in [2.24, 2.45) is 0 Å². The summed E-state index contributed by atoms with van der Waals surface area (Å²) in [6.07, 6.45) is -1.44. The second kappa shape index (κ2) is 19.3. The molecule has 1 heterocycles. The minimum Gasteiger partial charge on any atom is -0.508 e. The molecule has 0 radical (unpaired) electrons. The van der Waals surface area contributed by atoms with E-state index in [1.165, 1.54) is 17.0 Å². The Bertz CT molecular complexity index is 1220. The van der Waals surface area contributed by atoms with E-state index in [0.29, 0.717) is 16.7 Å². The molecule has 0 saturated carbocycles. The van der Waals surface area contributed by atoms with Crippen LogP contribution in [-0.4, -0.2) is 44.6 Å². The number of nitrogens with zero attached hydrogens (tertiary/aromatic N) is 1. The van der Waals surface area contributed by atoms with Crippen molar-refractivity contribution in [1.82, 2.24) is 4.90 Å². The maximum atomic E-state index is 11.9. The van der Waals surface area contributed by atoms with Crippen LogP contribution in [0, 0.1) is 6.86 Å². The molecule has 9 nitrogen and oxygen atoms in total. The molecule has 0 aromatic heterocycles. The molecular formula is C24H18BrFK2NO8+. The smallest absolute Gasteiger partial charge is 0.508 e. The summed E-state index contributed by atoms with van der Waals surface area (Å²) >= 11 is 3.10. The number of aromatic hydroxyl groups is 2. The van der Waals surface area contributed by atoms with Crippen LogP contribution in [-0.2, 0) is 14.6 Å². The molecule has 13 heteroatoms. The van der Waals surface area contributed by atoms with Crippen LogP contribution in [0.25, 0.3) is 0 Å². The largest absolute Gasteiger partial charge is 1.00 e. The summed E-state index contributed by atoms with van der Waals surface area (Å²) in [5, 5.41) is 18.7. The van der Waals surface area contributed by atoms with Gasteiger partial charge in [0.15, 0.2) is 7.15 Å². The molecule has 2 amide bonds. The molecular weight excluding hydrogens is 607 g/mol. The van der Waals surface area contributed by atoms with E-state index in [2.05, 4.69) is 25.7 Å². The molecule has 3 aromatic rings. The van der Waals surface area contributed by atoms with E-state index in [-0.39, 0.29) is 150 Å². The molecule has 2 N–H and O–H groups in total. The van der Waals surface area contributed by atoms with Crippen LogP contribution in [0.15, 0.2) is 72.8 Å². The van der Waals surface area contributed by atoms with Crippen molar-refractivity contribution >= 4 is 40.0 Å². The molecule has 1 aliphatic heterocycles. The second-order valence-corrected chi connectivity index (χ2v) is 6.95. The van der Waals surface area contributed by atoms with Gasteiger partial charge in [0.25, 0.3) is 11.8 Å². The average Bonchev–Trinajstić information content (AvgIpc) is 3.13. The number of amides is 2. The van der Waals surface area contributed by atoms with Crippen LogP contribution < -0.4 is 103 Å². The number of fused-ring (bicyclic) bond motifs is 1. The Morgan fingerprint density at radius 3 is 1.97 bits per heavy atom. The number of carbonyl (C=O) groups excluding carboxylic acids is 4. The first-order chi connectivity index (χ1) is 17.2. The molecule has 0 atom stereocenters. The van der Waals surface area contributed by atoms with E-state index in [1.54, 1.807) is 48.5 Å². The fraction of sp³-hybridized carbons (Fsp3) is 0.0417. The SMILES string of the molecule is O=C(c1ccccc1)c1ccc(O)cc1O.O=C1c2ccccc2C(=O)N1CBr.[2H]C(=O)OO[CH-]F.[K+].[K+]. The van der Waals surface area contributed by atoms with Crippen LogP contribution in [0.1, 0.15) is 38.0 Å². The van der Waals surface area contributed by atoms with Gasteiger partial charge in [-0.15, -0.1) is 0 Å². The molecule has 37 heavy (non-hydrogen) atoms. The zero-order chi connectivity index (χ0) is 26.7. The number of alkyl halides is 1. The van der Waals surface area contributed by atoms with Gasteiger partial charge in [0.1, 0.15) is 11.5 Å². The molecule has 0 spiro atoms. The first-order valence-corrected chi connectivity index (χ1v) is 10.7. The number of halogens is 2. The van der Waals surface area contributed by atoms with E-state index >= 15 is 0 Å². The van der Waals surface area contributed by atoms with Crippen molar-refractivity contribution < 1.29 is 148 Å². The number of rotatable bonds is 5. The van der Waals surface area contributed by atoms with E-state index < -0.39 is 6.45 Å². The van der Waals surface area contributed by atoms with E-state index in [0.717, 1.165) is 6.07 Å². The van der Waals surface area contributed by atoms with Crippen LogP contribution in [0.3, 0.4) is 0 Å². The van der Waals surface area contributed by atoms with E-state index in [1.807, 2.05) is 6.07 Å². The van der Waals surface area contributed by atoms with Crippen LogP contribution >= 0.6 is 15.9 Å². The Balaban J connectivity index is 0.000000565. The summed E-state index contributed by atoms with van der Waals surface area (Å²) in [4.78, 5) is 52.0. The molecule has 1 aliphatic rings. The number of benzene rings is 3. The Kier molecular flexibility index (Phi) is 17.8. The maximum Gasteiger partial charge on any atom is 1.00 e. The Morgan fingerprint density at radius 2 is 1.54 bits per heavy atom. The fourth-order valence-electron chi connectivity index (χ4n) is 2.84. The molecule has 0 aliphatic carbocycles. The Labute approximate surface area is 306 Å². The van der Waals surface area contributed by atoms with Crippen molar-refractivity contribution in [1.29, 1.82) is 0 Å². The minimum absolute atomic E-state index is 0. The maximum absolute atomic E-state index is 11.9. The van der Waals surface area contributed by atoms with E-state index in [4.69, 9.17) is 6.48 Å². The van der Waals surface area contributed by atoms with Crippen LogP contribution in [0.5, 0.6) is 11.5 Å². The minimum atomic E-state index is -1.44. The van der Waals surface area contributed by atoms with Gasteiger partial charge in [-0.3, -0.25) is 24.1 Å². The summed E-state index contributed by atoms with van der Waals surface area (Å²) in [5.41, 5.74) is 1.92. The molecule has 0 saturated heterocycles. The normalized spacial score (nSPS) is 11.2. The monoisotopic (exact) mass is 625 g/mol. The van der Waals surface area contributed by atoms with Crippen molar-refractivity contribution in [2.75, 3.05) is 5.45 Å². The zero-order valence-electron chi connectivity index (χ0n) is 20.8. The summed E-state index contributed by atoms with van der Waals surface area (Å²) in [6.45, 7) is -0.341. The predicted octanol–water partition coefficient (Wildman–Crippen LogP) is -1.85. The van der Waals surface area contributed by atoms with Crippen molar-refractivity contribution in [3.63, 3.8) is 0 Å². The van der Waals surface area contributed by atoms with Crippen LogP contribution in [0.2, 0.25) is 0 Å². The quantitative estimate of drug-likeness (QED) is 0.0389. The number of hydrogen-bond acceptors (Lipinski definition) is 8. The number of phenols is 2. The predicted molar refractivity (Wildman–Crippen MR) is 124 cm³/mol. The number of ketones is 1. The van der Waals surface area contributed by atoms with Gasteiger partial charge < -0.3 is 24.4 Å². The third-order valence-electron chi connectivity index (χ3n) is 4.38. The Hall–Kier alpha value is -0.817. The molecule has 182 valence electrons. The van der Waals surface area contributed by atoms with Gasteiger partial charge in [0.2, 0.25) is 0 Å². The second-order valence-electron chi connectivity index (χ2n) is 6.45. The van der Waals surface area contributed by atoms with Crippen LogP contribution in [0.4, 0.5) is 4.39 Å². The van der Waals surface area contributed by atoms with Crippen molar-refractivity contribution in [2.45, 2.75) is 0 Å². The molecule has 0 unspecified atom stereocenters.